The Labute approximate surface area is 132 Å². The first-order valence-electron chi connectivity index (χ1n) is 7.22. The van der Waals surface area contributed by atoms with Gasteiger partial charge in [-0.3, -0.25) is 4.90 Å². The van der Waals surface area contributed by atoms with Crippen LogP contribution in [0.3, 0.4) is 0 Å². The molecule has 1 aliphatic heterocycles. The van der Waals surface area contributed by atoms with Crippen LogP contribution in [0.2, 0.25) is 0 Å². The molecule has 7 heteroatoms. The van der Waals surface area contributed by atoms with E-state index in [1.54, 1.807) is 6.92 Å². The third kappa shape index (κ3) is 3.18. The molecule has 23 heavy (non-hydrogen) atoms. The van der Waals surface area contributed by atoms with Gasteiger partial charge in [0.05, 0.1) is 18.7 Å². The molecule has 1 aromatic carbocycles. The molecule has 2 rings (SSSR count). The molecule has 5 nitrogen and oxygen atoms in total. The molecule has 0 spiro atoms. The van der Waals surface area contributed by atoms with Crippen molar-refractivity contribution in [2.24, 2.45) is 0 Å². The van der Waals surface area contributed by atoms with Crippen LogP contribution in [0.4, 0.5) is 13.6 Å². The number of halogens is 2. The van der Waals surface area contributed by atoms with Crippen molar-refractivity contribution < 1.29 is 23.1 Å². The van der Waals surface area contributed by atoms with Crippen molar-refractivity contribution in [1.82, 2.24) is 10.2 Å². The maximum absolute atomic E-state index is 14.1. The minimum Gasteiger partial charge on any atom is -0.466 e. The number of hydrogen-bond acceptors (Lipinski definition) is 3. The quantitative estimate of drug-likeness (QED) is 0.867. The van der Waals surface area contributed by atoms with Crippen molar-refractivity contribution in [2.75, 3.05) is 13.7 Å². The Bertz CT molecular complexity index is 673. The lowest BCUT2D eigenvalue weighted by atomic mass is 9.94. The average molecular weight is 324 g/mol. The molecule has 1 aliphatic rings. The Morgan fingerprint density at radius 2 is 2.09 bits per heavy atom. The van der Waals surface area contributed by atoms with Gasteiger partial charge in [0.15, 0.2) is 0 Å². The number of urea groups is 1. The molecule has 0 fully saturated rings. The van der Waals surface area contributed by atoms with E-state index in [0.717, 1.165) is 6.07 Å². The summed E-state index contributed by atoms with van der Waals surface area (Å²) < 4.78 is 32.0. The highest BCUT2D eigenvalue weighted by molar-refractivity contribution is 5.95. The fraction of sp³-hybridized carbons (Fsp3) is 0.375. The van der Waals surface area contributed by atoms with Gasteiger partial charge in [0.25, 0.3) is 0 Å². The normalized spacial score (nSPS) is 18.0. The number of ether oxygens (including phenoxy) is 1. The van der Waals surface area contributed by atoms with Crippen molar-refractivity contribution in [3.05, 3.63) is 46.7 Å². The molecular weight excluding hydrogens is 306 g/mol. The number of amides is 2. The molecule has 0 radical (unpaired) electrons. The number of rotatable bonds is 4. The molecule has 0 aliphatic carbocycles. The predicted octanol–water partition coefficient (Wildman–Crippen LogP) is 2.89. The van der Waals surface area contributed by atoms with E-state index in [-0.39, 0.29) is 11.1 Å². The highest BCUT2D eigenvalue weighted by Gasteiger charge is 2.37. The minimum absolute atomic E-state index is 0.00986. The van der Waals surface area contributed by atoms with Crippen LogP contribution in [0.5, 0.6) is 0 Å². The van der Waals surface area contributed by atoms with Crippen LogP contribution < -0.4 is 5.32 Å². The SMILES string of the molecule is CCCN1C(=O)NC(c2ccc(F)cc2F)C(C(=O)OC)=C1C. The molecule has 0 aromatic heterocycles. The number of benzene rings is 1. The second kappa shape index (κ2) is 6.76. The molecule has 1 unspecified atom stereocenters. The van der Waals surface area contributed by atoms with Gasteiger partial charge < -0.3 is 10.1 Å². The van der Waals surface area contributed by atoms with Gasteiger partial charge in [0.1, 0.15) is 11.6 Å². The summed E-state index contributed by atoms with van der Waals surface area (Å²) in [6.07, 6.45) is 0.689. The summed E-state index contributed by atoms with van der Waals surface area (Å²) >= 11 is 0. The van der Waals surface area contributed by atoms with Crippen molar-refractivity contribution in [2.45, 2.75) is 26.3 Å². The number of nitrogens with one attached hydrogen (secondary N) is 1. The van der Waals surface area contributed by atoms with E-state index in [2.05, 4.69) is 5.32 Å². The van der Waals surface area contributed by atoms with Crippen LogP contribution in [0.1, 0.15) is 31.9 Å². The zero-order chi connectivity index (χ0) is 17.1. The van der Waals surface area contributed by atoms with Crippen LogP contribution in [0, 0.1) is 11.6 Å². The molecule has 2 amide bonds. The molecule has 1 aromatic rings. The number of nitrogens with zero attached hydrogens (tertiary/aromatic N) is 1. The lowest BCUT2D eigenvalue weighted by Gasteiger charge is -2.35. The Morgan fingerprint density at radius 1 is 1.39 bits per heavy atom. The first kappa shape index (κ1) is 16.9. The zero-order valence-electron chi connectivity index (χ0n) is 13.2. The maximum Gasteiger partial charge on any atom is 0.337 e. The fourth-order valence-electron chi connectivity index (χ4n) is 2.62. The minimum atomic E-state index is -1.02. The molecule has 0 bridgehead atoms. The van der Waals surface area contributed by atoms with Gasteiger partial charge in [-0.05, 0) is 19.4 Å². The van der Waals surface area contributed by atoms with E-state index < -0.39 is 29.7 Å². The Hall–Kier alpha value is -2.44. The van der Waals surface area contributed by atoms with Crippen LogP contribution in [0.25, 0.3) is 0 Å². The second-order valence-corrected chi connectivity index (χ2v) is 5.19. The highest BCUT2D eigenvalue weighted by atomic mass is 19.1. The summed E-state index contributed by atoms with van der Waals surface area (Å²) in [6.45, 7) is 3.91. The van der Waals surface area contributed by atoms with Crippen LogP contribution >= 0.6 is 0 Å². The van der Waals surface area contributed by atoms with Gasteiger partial charge in [0.2, 0.25) is 0 Å². The number of esters is 1. The van der Waals surface area contributed by atoms with Gasteiger partial charge in [0, 0.05) is 23.9 Å². The Balaban J connectivity index is 2.57. The average Bonchev–Trinajstić information content (AvgIpc) is 2.50. The summed E-state index contributed by atoms with van der Waals surface area (Å²) in [5.41, 5.74) is 0.540. The number of allylic oxidation sites excluding steroid dienone is 1. The van der Waals surface area contributed by atoms with E-state index >= 15 is 0 Å². The molecule has 0 saturated carbocycles. The molecule has 1 heterocycles. The summed E-state index contributed by atoms with van der Waals surface area (Å²) in [5, 5.41) is 2.59. The Morgan fingerprint density at radius 3 is 2.65 bits per heavy atom. The molecule has 1 N–H and O–H groups in total. The summed E-state index contributed by atoms with van der Waals surface area (Å²) in [4.78, 5) is 25.8. The van der Waals surface area contributed by atoms with E-state index in [4.69, 9.17) is 4.74 Å². The van der Waals surface area contributed by atoms with Crippen LogP contribution in [-0.4, -0.2) is 30.6 Å². The lowest BCUT2D eigenvalue weighted by Crippen LogP contribution is -2.48. The van der Waals surface area contributed by atoms with Gasteiger partial charge in [-0.15, -0.1) is 0 Å². The zero-order valence-corrected chi connectivity index (χ0v) is 13.2. The van der Waals surface area contributed by atoms with Crippen molar-refractivity contribution in [1.29, 1.82) is 0 Å². The monoisotopic (exact) mass is 324 g/mol. The van der Waals surface area contributed by atoms with Crippen molar-refractivity contribution in [3.8, 4) is 0 Å². The van der Waals surface area contributed by atoms with E-state index in [1.165, 1.54) is 18.1 Å². The molecule has 0 saturated heterocycles. The highest BCUT2D eigenvalue weighted by Crippen LogP contribution is 2.32. The first-order chi connectivity index (χ1) is 10.9. The van der Waals surface area contributed by atoms with Gasteiger partial charge in [-0.2, -0.15) is 0 Å². The summed E-state index contributed by atoms with van der Waals surface area (Å²) in [5.74, 6) is -2.24. The van der Waals surface area contributed by atoms with E-state index in [1.807, 2.05) is 6.92 Å². The van der Waals surface area contributed by atoms with Crippen molar-refractivity contribution in [3.63, 3.8) is 0 Å². The maximum atomic E-state index is 14.1. The molecule has 1 atom stereocenters. The first-order valence-corrected chi connectivity index (χ1v) is 7.22. The van der Waals surface area contributed by atoms with Crippen molar-refractivity contribution >= 4 is 12.0 Å². The van der Waals surface area contributed by atoms with E-state index in [9.17, 15) is 18.4 Å². The number of carbonyl (C=O) groups is 2. The number of methoxy groups -OCH3 is 1. The topological polar surface area (TPSA) is 58.6 Å². The smallest absolute Gasteiger partial charge is 0.337 e. The lowest BCUT2D eigenvalue weighted by molar-refractivity contribution is -0.136. The third-order valence-electron chi connectivity index (χ3n) is 3.72. The fourth-order valence-corrected chi connectivity index (χ4v) is 2.62. The summed E-state index contributed by atoms with van der Waals surface area (Å²) in [7, 11) is 1.21. The van der Waals surface area contributed by atoms with Gasteiger partial charge in [-0.25, -0.2) is 18.4 Å². The summed E-state index contributed by atoms with van der Waals surface area (Å²) in [6, 6.07) is 1.54. The number of carbonyl (C=O) groups excluding carboxylic acids is 2. The molecular formula is C16H18F2N2O3. The predicted molar refractivity (Wildman–Crippen MR) is 79.3 cm³/mol. The second-order valence-electron chi connectivity index (χ2n) is 5.19. The van der Waals surface area contributed by atoms with Crippen LogP contribution in [-0.2, 0) is 9.53 Å². The largest absolute Gasteiger partial charge is 0.466 e. The molecule has 124 valence electrons. The van der Waals surface area contributed by atoms with Crippen LogP contribution in [0.15, 0.2) is 29.5 Å². The van der Waals surface area contributed by atoms with Gasteiger partial charge in [-0.1, -0.05) is 13.0 Å². The van der Waals surface area contributed by atoms with Gasteiger partial charge >= 0.3 is 12.0 Å². The third-order valence-corrected chi connectivity index (χ3v) is 3.72. The van der Waals surface area contributed by atoms with E-state index in [0.29, 0.717) is 24.7 Å². The number of hydrogen-bond donors (Lipinski definition) is 1. The Kier molecular flexibility index (Phi) is 4.98. The standard InChI is InChI=1S/C16H18F2N2O3/c1-4-7-20-9(2)13(15(21)23-3)14(19-16(20)22)11-6-5-10(17)8-12(11)18/h5-6,8,14H,4,7H2,1-3H3,(H,19,22).